The molecule has 0 radical (unpaired) electrons. The number of aryl methyl sites for hydroxylation is 1. The zero-order valence-electron chi connectivity index (χ0n) is 9.24. The summed E-state index contributed by atoms with van der Waals surface area (Å²) in [4.78, 5) is 1.39. The summed E-state index contributed by atoms with van der Waals surface area (Å²) in [5.41, 5.74) is 1.44. The normalized spacial score (nSPS) is 19.1. The Morgan fingerprint density at radius 1 is 1.33 bits per heavy atom. The monoisotopic (exact) mass is 222 g/mol. The summed E-state index contributed by atoms with van der Waals surface area (Å²) in [5, 5.41) is 0. The van der Waals surface area contributed by atoms with Crippen LogP contribution in [0.5, 0.6) is 0 Å². The Hall–Kier alpha value is -0.470. The molecule has 1 aliphatic rings. The van der Waals surface area contributed by atoms with Gasteiger partial charge in [0.05, 0.1) is 12.7 Å². The predicted octanol–water partition coefficient (Wildman–Crippen LogP) is 3.52. The minimum atomic E-state index is 0.555. The Balaban J connectivity index is 1.79. The van der Waals surface area contributed by atoms with Crippen molar-refractivity contribution in [1.29, 1.82) is 0 Å². The quantitative estimate of drug-likeness (QED) is 0.539. The summed E-state index contributed by atoms with van der Waals surface area (Å²) in [6.45, 7) is 3.20. The summed E-state index contributed by atoms with van der Waals surface area (Å²) in [7, 11) is 0. The van der Waals surface area contributed by atoms with E-state index in [-0.39, 0.29) is 0 Å². The largest absolute Gasteiger partial charge is 0.373 e. The summed E-state index contributed by atoms with van der Waals surface area (Å²) in [5.74, 6) is 1.22. The molecule has 1 saturated heterocycles. The lowest BCUT2D eigenvalue weighted by Crippen LogP contribution is -1.90. The van der Waals surface area contributed by atoms with Crippen LogP contribution in [0.2, 0.25) is 0 Å². The average molecular weight is 222 g/mol. The summed E-state index contributed by atoms with van der Waals surface area (Å²) in [6, 6.07) is 8.98. The molecule has 1 aliphatic heterocycles. The molecule has 0 spiro atoms. The van der Waals surface area contributed by atoms with Crippen LogP contribution in [0.4, 0.5) is 0 Å². The van der Waals surface area contributed by atoms with Gasteiger partial charge in [0.15, 0.2) is 0 Å². The summed E-state index contributed by atoms with van der Waals surface area (Å²) >= 11 is 1.94. The van der Waals surface area contributed by atoms with Crippen molar-refractivity contribution < 1.29 is 4.74 Å². The molecule has 1 fully saturated rings. The number of ether oxygens (including phenoxy) is 1. The molecule has 2 heteroatoms. The minimum Gasteiger partial charge on any atom is -0.373 e. The Morgan fingerprint density at radius 2 is 2.07 bits per heavy atom. The van der Waals surface area contributed by atoms with E-state index in [9.17, 15) is 0 Å². The Bertz CT molecular complexity index is 290. The minimum absolute atomic E-state index is 0.555. The fourth-order valence-corrected chi connectivity index (χ4v) is 2.30. The molecule has 2 rings (SSSR count). The molecule has 1 atom stereocenters. The van der Waals surface area contributed by atoms with Crippen LogP contribution in [0, 0.1) is 0 Å². The maximum Gasteiger partial charge on any atom is 0.0813 e. The lowest BCUT2D eigenvalue weighted by atomic mass is 10.1. The van der Waals surface area contributed by atoms with Gasteiger partial charge in [-0.1, -0.05) is 19.1 Å². The predicted molar refractivity (Wildman–Crippen MR) is 65.5 cm³/mol. The lowest BCUT2D eigenvalue weighted by molar-refractivity contribution is 0.397. The van der Waals surface area contributed by atoms with E-state index in [4.69, 9.17) is 4.74 Å². The zero-order valence-corrected chi connectivity index (χ0v) is 10.1. The van der Waals surface area contributed by atoms with Crippen molar-refractivity contribution in [3.05, 3.63) is 29.8 Å². The third-order valence-electron chi connectivity index (χ3n) is 2.55. The molecule has 82 valence electrons. The van der Waals surface area contributed by atoms with Crippen LogP contribution in [0.3, 0.4) is 0 Å². The van der Waals surface area contributed by atoms with Crippen molar-refractivity contribution in [2.24, 2.45) is 0 Å². The fraction of sp³-hybridized carbons (Fsp3) is 0.538. The van der Waals surface area contributed by atoms with E-state index >= 15 is 0 Å². The topological polar surface area (TPSA) is 12.5 Å². The van der Waals surface area contributed by atoms with E-state index in [0.717, 1.165) is 13.0 Å². The molecule has 0 saturated carbocycles. The highest BCUT2D eigenvalue weighted by molar-refractivity contribution is 7.99. The molecule has 1 heterocycles. The summed E-state index contributed by atoms with van der Waals surface area (Å²) < 4.78 is 5.20. The SMILES string of the molecule is CCCSc1ccc(CCC2CO2)cc1. The van der Waals surface area contributed by atoms with E-state index in [2.05, 4.69) is 31.2 Å². The first-order chi connectivity index (χ1) is 7.38. The molecule has 0 bridgehead atoms. The second kappa shape index (κ2) is 5.57. The molecule has 0 N–H and O–H groups in total. The van der Waals surface area contributed by atoms with Crippen molar-refractivity contribution in [1.82, 2.24) is 0 Å². The maximum absolute atomic E-state index is 5.20. The third-order valence-corrected chi connectivity index (χ3v) is 3.77. The van der Waals surface area contributed by atoms with E-state index in [1.807, 2.05) is 11.8 Å². The number of hydrogen-bond acceptors (Lipinski definition) is 2. The molecule has 1 nitrogen and oxygen atoms in total. The van der Waals surface area contributed by atoms with Crippen LogP contribution in [0.15, 0.2) is 29.2 Å². The van der Waals surface area contributed by atoms with Gasteiger partial charge < -0.3 is 4.74 Å². The highest BCUT2D eigenvalue weighted by Crippen LogP contribution is 2.21. The van der Waals surface area contributed by atoms with Gasteiger partial charge in [-0.3, -0.25) is 0 Å². The maximum atomic E-state index is 5.20. The van der Waals surface area contributed by atoms with Crippen LogP contribution in [0.1, 0.15) is 25.3 Å². The first-order valence-corrected chi connectivity index (χ1v) is 6.70. The second-order valence-corrected chi connectivity index (χ2v) is 5.15. The van der Waals surface area contributed by atoms with Gasteiger partial charge in [-0.15, -0.1) is 11.8 Å². The fourth-order valence-electron chi connectivity index (χ4n) is 1.53. The average Bonchev–Trinajstić information content (AvgIpc) is 3.09. The molecule has 1 unspecified atom stereocenters. The number of hydrogen-bond donors (Lipinski definition) is 0. The van der Waals surface area contributed by atoms with E-state index in [1.165, 1.54) is 29.1 Å². The van der Waals surface area contributed by atoms with Crippen molar-refractivity contribution in [3.8, 4) is 0 Å². The van der Waals surface area contributed by atoms with Crippen LogP contribution < -0.4 is 0 Å². The van der Waals surface area contributed by atoms with Gasteiger partial charge >= 0.3 is 0 Å². The summed E-state index contributed by atoms with van der Waals surface area (Å²) in [6.07, 6.45) is 4.13. The van der Waals surface area contributed by atoms with Gasteiger partial charge in [-0.05, 0) is 42.7 Å². The number of thioether (sulfide) groups is 1. The first-order valence-electron chi connectivity index (χ1n) is 5.72. The van der Waals surface area contributed by atoms with Crippen LogP contribution in [-0.2, 0) is 11.2 Å². The van der Waals surface area contributed by atoms with Crippen molar-refractivity contribution in [3.63, 3.8) is 0 Å². The standard InChI is InChI=1S/C13H18OS/c1-2-9-15-13-7-4-11(5-8-13)3-6-12-10-14-12/h4-5,7-8,12H,2-3,6,9-10H2,1H3. The van der Waals surface area contributed by atoms with Gasteiger partial charge in [0.2, 0.25) is 0 Å². The van der Waals surface area contributed by atoms with Gasteiger partial charge in [0.25, 0.3) is 0 Å². The van der Waals surface area contributed by atoms with Crippen LogP contribution in [-0.4, -0.2) is 18.5 Å². The third kappa shape index (κ3) is 3.88. The molecular formula is C13H18OS. The highest BCUT2D eigenvalue weighted by Gasteiger charge is 2.21. The number of epoxide rings is 1. The van der Waals surface area contributed by atoms with Crippen LogP contribution in [0.25, 0.3) is 0 Å². The number of rotatable bonds is 6. The molecule has 15 heavy (non-hydrogen) atoms. The Labute approximate surface area is 96.2 Å². The number of benzene rings is 1. The van der Waals surface area contributed by atoms with Crippen molar-refractivity contribution >= 4 is 11.8 Å². The molecule has 1 aromatic rings. The van der Waals surface area contributed by atoms with Crippen LogP contribution >= 0.6 is 11.8 Å². The highest BCUT2D eigenvalue weighted by atomic mass is 32.2. The lowest BCUT2D eigenvalue weighted by Gasteiger charge is -2.02. The first kappa shape index (κ1) is 11.0. The molecular weight excluding hydrogens is 204 g/mol. The van der Waals surface area contributed by atoms with Crippen molar-refractivity contribution in [2.75, 3.05) is 12.4 Å². The van der Waals surface area contributed by atoms with Crippen molar-refractivity contribution in [2.45, 2.75) is 37.2 Å². The van der Waals surface area contributed by atoms with Gasteiger partial charge in [-0.2, -0.15) is 0 Å². The van der Waals surface area contributed by atoms with E-state index in [0.29, 0.717) is 6.10 Å². The Morgan fingerprint density at radius 3 is 2.67 bits per heavy atom. The van der Waals surface area contributed by atoms with Gasteiger partial charge in [0.1, 0.15) is 0 Å². The molecule has 0 aliphatic carbocycles. The Kier molecular flexibility index (Phi) is 4.09. The van der Waals surface area contributed by atoms with Gasteiger partial charge in [0, 0.05) is 4.90 Å². The van der Waals surface area contributed by atoms with Gasteiger partial charge in [-0.25, -0.2) is 0 Å². The molecule has 0 amide bonds. The molecule has 0 aromatic heterocycles. The van der Waals surface area contributed by atoms with E-state index in [1.54, 1.807) is 0 Å². The smallest absolute Gasteiger partial charge is 0.0813 e. The second-order valence-electron chi connectivity index (χ2n) is 3.99. The zero-order chi connectivity index (χ0) is 10.5. The molecule has 1 aromatic carbocycles. The van der Waals surface area contributed by atoms with E-state index < -0.39 is 0 Å².